The Hall–Kier alpha value is -3.16. The third kappa shape index (κ3) is 5.62. The van der Waals surface area contributed by atoms with Crippen LogP contribution in [0.2, 0.25) is 0 Å². The fraction of sp³-hybridized carbons (Fsp3) is 0.652. The Bertz CT molecular complexity index is 1900. The quantitative estimate of drug-likeness (QED) is 0.120. The molecule has 57 heavy (non-hydrogen) atoms. The molecule has 2 spiro atoms. The summed E-state index contributed by atoms with van der Waals surface area (Å²) in [6, 6.07) is 20.3. The minimum Gasteiger partial charge on any atom is -0.458 e. The molecule has 2 aromatic carbocycles. The molecule has 0 radical (unpaired) electrons. The molecule has 4 saturated heterocycles. The second-order valence-corrected chi connectivity index (χ2v) is 18.2. The van der Waals surface area contributed by atoms with E-state index >= 15 is 0 Å². The second kappa shape index (κ2) is 14.0. The molecular weight excluding hydrogens is 728 g/mol. The number of carbonyl (C=O) groups is 2. The molecular formula is C46H56O11. The minimum absolute atomic E-state index is 0.0890. The molecule has 2 aromatic rings. The molecule has 0 bridgehead atoms. The van der Waals surface area contributed by atoms with Gasteiger partial charge in [0, 0.05) is 23.3 Å². The van der Waals surface area contributed by atoms with E-state index < -0.39 is 29.2 Å². The van der Waals surface area contributed by atoms with E-state index in [2.05, 4.69) is 58.9 Å². The predicted molar refractivity (Wildman–Crippen MR) is 204 cm³/mol. The summed E-state index contributed by atoms with van der Waals surface area (Å²) in [6.45, 7) is 12.3. The molecule has 10 rings (SSSR count). The summed E-state index contributed by atoms with van der Waals surface area (Å²) < 4.78 is 58.5. The van der Waals surface area contributed by atoms with Crippen molar-refractivity contribution in [3.8, 4) is 0 Å². The molecule has 14 atom stereocenters. The fourth-order valence-electron chi connectivity index (χ4n) is 12.0. The van der Waals surface area contributed by atoms with Gasteiger partial charge in [-0.05, 0) is 60.6 Å². The number of epoxide rings is 3. The van der Waals surface area contributed by atoms with Crippen LogP contribution in [0.4, 0.5) is 0 Å². The van der Waals surface area contributed by atoms with E-state index in [4.69, 9.17) is 42.6 Å². The first-order valence-corrected chi connectivity index (χ1v) is 21.3. The summed E-state index contributed by atoms with van der Waals surface area (Å²) in [7, 11) is 0. The zero-order valence-electron chi connectivity index (χ0n) is 33.7. The van der Waals surface area contributed by atoms with Gasteiger partial charge in [0.2, 0.25) is 0 Å². The lowest BCUT2D eigenvalue weighted by molar-refractivity contribution is -0.295. The van der Waals surface area contributed by atoms with Crippen LogP contribution < -0.4 is 0 Å². The average molecular weight is 785 g/mol. The Labute approximate surface area is 335 Å². The number of carbonyl (C=O) groups excluding carboxylic acids is 2. The van der Waals surface area contributed by atoms with E-state index in [0.717, 1.165) is 41.5 Å². The van der Waals surface area contributed by atoms with Gasteiger partial charge in [-0.1, -0.05) is 95.3 Å². The van der Waals surface area contributed by atoms with Crippen molar-refractivity contribution in [2.75, 3.05) is 13.2 Å². The van der Waals surface area contributed by atoms with Gasteiger partial charge in [-0.3, -0.25) is 4.79 Å². The average Bonchev–Trinajstić information content (AvgIpc) is 4.15. The summed E-state index contributed by atoms with van der Waals surface area (Å²) in [5, 5.41) is 0. The zero-order valence-corrected chi connectivity index (χ0v) is 33.7. The summed E-state index contributed by atoms with van der Waals surface area (Å²) in [4.78, 5) is 26.5. The Morgan fingerprint density at radius 3 is 2.30 bits per heavy atom. The van der Waals surface area contributed by atoms with Crippen LogP contribution in [-0.2, 0) is 65.4 Å². The van der Waals surface area contributed by atoms with Crippen molar-refractivity contribution in [1.82, 2.24) is 0 Å². The number of esters is 2. The highest BCUT2D eigenvalue weighted by molar-refractivity contribution is 5.92. The van der Waals surface area contributed by atoms with Crippen molar-refractivity contribution < 1.29 is 52.2 Å². The number of cyclic esters (lactones) is 1. The van der Waals surface area contributed by atoms with E-state index in [9.17, 15) is 9.59 Å². The van der Waals surface area contributed by atoms with Crippen LogP contribution in [0.25, 0.3) is 0 Å². The normalized spacial score (nSPS) is 43.2. The molecule has 2 saturated carbocycles. The Kier molecular flexibility index (Phi) is 9.33. The van der Waals surface area contributed by atoms with Gasteiger partial charge in [-0.2, -0.15) is 0 Å². The van der Waals surface area contributed by atoms with Crippen LogP contribution in [0.1, 0.15) is 84.3 Å². The Morgan fingerprint density at radius 2 is 1.61 bits per heavy atom. The molecule has 0 aromatic heterocycles. The molecule has 3 aliphatic carbocycles. The molecule has 0 amide bonds. The highest BCUT2D eigenvalue weighted by Crippen LogP contribution is 2.83. The van der Waals surface area contributed by atoms with Crippen molar-refractivity contribution in [2.24, 2.45) is 23.2 Å². The molecule has 5 heterocycles. The molecule has 11 nitrogen and oxygen atoms in total. The second-order valence-electron chi connectivity index (χ2n) is 18.2. The van der Waals surface area contributed by atoms with Crippen molar-refractivity contribution in [1.29, 1.82) is 0 Å². The van der Waals surface area contributed by atoms with Gasteiger partial charge in [0.25, 0.3) is 0 Å². The van der Waals surface area contributed by atoms with Crippen molar-refractivity contribution >= 4 is 11.9 Å². The highest BCUT2D eigenvalue weighted by atomic mass is 16.8. The van der Waals surface area contributed by atoms with Crippen molar-refractivity contribution in [3.05, 3.63) is 82.9 Å². The number of ether oxygens (including phenoxy) is 9. The van der Waals surface area contributed by atoms with E-state index in [1.54, 1.807) is 0 Å². The van der Waals surface area contributed by atoms with Gasteiger partial charge in [0.15, 0.2) is 18.0 Å². The molecule has 306 valence electrons. The lowest BCUT2D eigenvalue weighted by atomic mass is 9.46. The first-order chi connectivity index (χ1) is 27.6. The zero-order chi connectivity index (χ0) is 39.3. The summed E-state index contributed by atoms with van der Waals surface area (Å²) >= 11 is 0. The fourth-order valence-corrected chi connectivity index (χ4v) is 12.0. The number of fused-ring (bicyclic) bond motifs is 4. The number of hydrogen-bond donors (Lipinski definition) is 0. The van der Waals surface area contributed by atoms with Gasteiger partial charge in [-0.25, -0.2) is 4.79 Å². The van der Waals surface area contributed by atoms with Gasteiger partial charge in [-0.15, -0.1) is 0 Å². The third-order valence-corrected chi connectivity index (χ3v) is 15.0. The van der Waals surface area contributed by atoms with Crippen molar-refractivity contribution in [2.45, 2.75) is 152 Å². The minimum atomic E-state index is -0.775. The van der Waals surface area contributed by atoms with Crippen LogP contribution in [0.15, 0.2) is 71.8 Å². The third-order valence-electron chi connectivity index (χ3n) is 15.0. The van der Waals surface area contributed by atoms with Gasteiger partial charge >= 0.3 is 11.9 Å². The van der Waals surface area contributed by atoms with E-state index in [1.807, 2.05) is 36.4 Å². The molecule has 2 unspecified atom stereocenters. The summed E-state index contributed by atoms with van der Waals surface area (Å²) in [5.74, 6) is -0.412. The van der Waals surface area contributed by atoms with E-state index in [1.165, 1.54) is 0 Å². The van der Waals surface area contributed by atoms with Gasteiger partial charge in [0.1, 0.15) is 36.1 Å². The first-order valence-electron chi connectivity index (χ1n) is 21.3. The molecule has 6 fully saturated rings. The molecule has 0 N–H and O–H groups in total. The van der Waals surface area contributed by atoms with Gasteiger partial charge in [0.05, 0.1) is 38.1 Å². The van der Waals surface area contributed by atoms with Crippen LogP contribution in [0.5, 0.6) is 0 Å². The summed E-state index contributed by atoms with van der Waals surface area (Å²) in [5.41, 5.74) is 1.75. The van der Waals surface area contributed by atoms with E-state index in [-0.39, 0.29) is 78.2 Å². The van der Waals surface area contributed by atoms with E-state index in [0.29, 0.717) is 39.3 Å². The number of benzene rings is 2. The topological polar surface area (TPSA) is 127 Å². The SMILES string of the molecule is CCC1O[C@@H](OCCCC(=O)O[C@@H]2[C@@]3(C(C)C)O[C@H]3[C@@H]3O[C@]34[C@]23O[C@H]3C[C@H]2C3=C(CC[C@@]24C)C(=O)OC3)C(C)[C@@H](OCc2ccccc2)[C@@H]1OCc1ccccc1. The Balaban J connectivity index is 0.806. The number of hydrogen-bond acceptors (Lipinski definition) is 11. The van der Waals surface area contributed by atoms with Crippen molar-refractivity contribution in [3.63, 3.8) is 0 Å². The maximum atomic E-state index is 13.9. The van der Waals surface area contributed by atoms with Crippen LogP contribution in [-0.4, -0.2) is 91.0 Å². The van der Waals surface area contributed by atoms with Crippen LogP contribution in [0.3, 0.4) is 0 Å². The lowest BCUT2D eigenvalue weighted by Crippen LogP contribution is -2.70. The monoisotopic (exact) mass is 784 g/mol. The number of rotatable bonds is 14. The van der Waals surface area contributed by atoms with Crippen LogP contribution in [0, 0.1) is 23.2 Å². The molecule has 11 heteroatoms. The predicted octanol–water partition coefficient (Wildman–Crippen LogP) is 6.39. The lowest BCUT2D eigenvalue weighted by Gasteiger charge is -2.53. The maximum absolute atomic E-state index is 13.9. The summed E-state index contributed by atoms with van der Waals surface area (Å²) in [6.07, 6.45) is 1.20. The smallest absolute Gasteiger partial charge is 0.334 e. The van der Waals surface area contributed by atoms with Crippen LogP contribution >= 0.6 is 0 Å². The first kappa shape index (κ1) is 38.1. The molecule has 8 aliphatic rings. The molecule has 5 aliphatic heterocycles. The Morgan fingerprint density at radius 1 is 0.912 bits per heavy atom. The largest absolute Gasteiger partial charge is 0.458 e. The standard InChI is InChI=1S/C46H56O11/c1-6-33-37(51-24-29-16-11-8-12-17-29)36(50-23-28-14-9-7-10-15-28)27(4)41(53-33)49-21-13-18-35(47)54-42-44(26(2)3)38(56-44)39-46(57-39)43(5)20-19-30-31(25-52-40(30)48)32(43)22-34-45(42,46)55-34/h7-12,14-17,26-27,32-34,36-39,41-42H,6,13,18-25H2,1-5H3/t27?,32-,33?,34-,36+,37+,38-,39-,41+,42+,43-,44-,45+,46+/m0/s1. The highest BCUT2D eigenvalue weighted by Gasteiger charge is 3.01. The van der Waals surface area contributed by atoms with Gasteiger partial charge < -0.3 is 42.6 Å². The maximum Gasteiger partial charge on any atom is 0.334 e.